The number of ketones is 1. The van der Waals surface area contributed by atoms with Gasteiger partial charge in [0.1, 0.15) is 5.60 Å². The maximum absolute atomic E-state index is 12.6. The van der Waals surface area contributed by atoms with E-state index in [1.165, 1.54) is 6.08 Å². The second-order valence-corrected chi connectivity index (χ2v) is 6.30. The van der Waals surface area contributed by atoms with Crippen molar-refractivity contribution in [2.24, 2.45) is 5.41 Å². The highest BCUT2D eigenvalue weighted by Gasteiger charge is 2.50. The van der Waals surface area contributed by atoms with Gasteiger partial charge in [0.15, 0.2) is 11.2 Å². The minimum atomic E-state index is -1.49. The molecule has 0 radical (unpaired) electrons. The normalized spacial score (nSPS) is 21.4. The number of carbonyl (C=O) groups is 3. The van der Waals surface area contributed by atoms with Crippen molar-refractivity contribution in [3.63, 3.8) is 0 Å². The summed E-state index contributed by atoms with van der Waals surface area (Å²) < 4.78 is 10.3. The third-order valence-electron chi connectivity index (χ3n) is 3.39. The summed E-state index contributed by atoms with van der Waals surface area (Å²) in [6.45, 7) is 10.9. The molecule has 5 nitrogen and oxygen atoms in total. The van der Waals surface area contributed by atoms with Gasteiger partial charge in [-0.1, -0.05) is 12.7 Å². The first-order valence-electron chi connectivity index (χ1n) is 7.41. The number of hydrogen-bond donors (Lipinski definition) is 0. The van der Waals surface area contributed by atoms with E-state index in [0.29, 0.717) is 6.42 Å². The van der Waals surface area contributed by atoms with E-state index in [1.54, 1.807) is 33.8 Å². The zero-order chi connectivity index (χ0) is 17.0. The molecule has 5 heteroatoms. The molecule has 0 heterocycles. The van der Waals surface area contributed by atoms with Gasteiger partial charge in [-0.25, -0.2) is 0 Å². The van der Waals surface area contributed by atoms with Gasteiger partial charge in [-0.3, -0.25) is 14.4 Å². The zero-order valence-corrected chi connectivity index (χ0v) is 13.7. The summed E-state index contributed by atoms with van der Waals surface area (Å²) in [7, 11) is 0. The maximum atomic E-state index is 12.6. The van der Waals surface area contributed by atoms with Gasteiger partial charge in [-0.2, -0.15) is 0 Å². The van der Waals surface area contributed by atoms with Gasteiger partial charge in [0, 0.05) is 0 Å². The number of esters is 2. The van der Waals surface area contributed by atoms with E-state index in [2.05, 4.69) is 6.58 Å². The van der Waals surface area contributed by atoms with E-state index in [0.717, 1.165) is 0 Å². The van der Waals surface area contributed by atoms with Crippen LogP contribution in [0.15, 0.2) is 24.3 Å². The molecule has 0 fully saturated rings. The first kappa shape index (κ1) is 18.1. The molecular weight excluding hydrogens is 284 g/mol. The fraction of sp³-hybridized carbons (Fsp3) is 0.588. The van der Waals surface area contributed by atoms with Crippen molar-refractivity contribution in [1.82, 2.24) is 0 Å². The van der Waals surface area contributed by atoms with Gasteiger partial charge in [-0.05, 0) is 52.2 Å². The Morgan fingerprint density at radius 2 is 2.00 bits per heavy atom. The fourth-order valence-electron chi connectivity index (χ4n) is 2.36. The lowest BCUT2D eigenvalue weighted by Crippen LogP contribution is -2.45. The maximum Gasteiger partial charge on any atom is 0.324 e. The Hall–Kier alpha value is -1.91. The van der Waals surface area contributed by atoms with E-state index >= 15 is 0 Å². The quantitative estimate of drug-likeness (QED) is 0.444. The highest BCUT2D eigenvalue weighted by Crippen LogP contribution is 2.40. The molecule has 0 bridgehead atoms. The minimum absolute atomic E-state index is 0.174. The van der Waals surface area contributed by atoms with Crippen LogP contribution in [-0.2, 0) is 23.9 Å². The monoisotopic (exact) mass is 308 g/mol. The third kappa shape index (κ3) is 4.06. The van der Waals surface area contributed by atoms with Crippen LogP contribution in [0.2, 0.25) is 0 Å². The summed E-state index contributed by atoms with van der Waals surface area (Å²) in [6, 6.07) is 0. The van der Waals surface area contributed by atoms with Gasteiger partial charge in [-0.15, -0.1) is 0 Å². The van der Waals surface area contributed by atoms with Crippen LogP contribution >= 0.6 is 0 Å². The zero-order valence-electron chi connectivity index (χ0n) is 13.7. The van der Waals surface area contributed by atoms with Crippen LogP contribution in [0.4, 0.5) is 0 Å². The van der Waals surface area contributed by atoms with E-state index in [9.17, 15) is 14.4 Å². The molecule has 0 unspecified atom stereocenters. The molecule has 122 valence electrons. The van der Waals surface area contributed by atoms with E-state index < -0.39 is 23.0 Å². The van der Waals surface area contributed by atoms with Crippen molar-refractivity contribution in [1.29, 1.82) is 0 Å². The summed E-state index contributed by atoms with van der Waals surface area (Å²) in [5.41, 5.74) is -1.99. The van der Waals surface area contributed by atoms with Crippen LogP contribution in [0, 0.1) is 5.41 Å². The molecule has 1 aliphatic rings. The number of rotatable bonds is 5. The van der Waals surface area contributed by atoms with Gasteiger partial charge in [0.2, 0.25) is 0 Å². The molecule has 0 amide bonds. The van der Waals surface area contributed by atoms with Gasteiger partial charge in [0.05, 0.1) is 13.0 Å². The molecular formula is C17H24O5. The number of hydrogen-bond acceptors (Lipinski definition) is 5. The summed E-state index contributed by atoms with van der Waals surface area (Å²) >= 11 is 0. The molecule has 1 aliphatic carbocycles. The SMILES string of the molecule is C=C(CC(=O)OCC)[C@@]1(C(=O)OC(C)(C)C)CCC=CC1=O. The Balaban J connectivity index is 3.10. The number of allylic oxidation sites excluding steroid dienone is 2. The smallest absolute Gasteiger partial charge is 0.324 e. The predicted octanol–water partition coefficient (Wildman–Crippen LogP) is 2.74. The van der Waals surface area contributed by atoms with Crippen LogP contribution < -0.4 is 0 Å². The highest BCUT2D eigenvalue weighted by molar-refractivity contribution is 6.13. The van der Waals surface area contributed by atoms with Gasteiger partial charge < -0.3 is 9.47 Å². The molecule has 0 N–H and O–H groups in total. The molecule has 0 saturated heterocycles. The van der Waals surface area contributed by atoms with E-state index in [4.69, 9.17) is 9.47 Å². The lowest BCUT2D eigenvalue weighted by molar-refractivity contribution is -0.167. The third-order valence-corrected chi connectivity index (χ3v) is 3.39. The van der Waals surface area contributed by atoms with Crippen LogP contribution in [0.25, 0.3) is 0 Å². The molecule has 0 aromatic heterocycles. The second kappa shape index (κ2) is 6.90. The average Bonchev–Trinajstić information content (AvgIpc) is 2.37. The number of ether oxygens (including phenoxy) is 2. The molecule has 22 heavy (non-hydrogen) atoms. The van der Waals surface area contributed by atoms with Crippen LogP contribution in [-0.4, -0.2) is 29.9 Å². The Kier molecular flexibility index (Phi) is 5.69. The Morgan fingerprint density at radius 1 is 1.36 bits per heavy atom. The molecule has 0 saturated carbocycles. The van der Waals surface area contributed by atoms with E-state index in [-0.39, 0.29) is 30.8 Å². The van der Waals surface area contributed by atoms with Crippen molar-refractivity contribution >= 4 is 17.7 Å². The second-order valence-electron chi connectivity index (χ2n) is 6.30. The lowest BCUT2D eigenvalue weighted by atomic mass is 9.69. The largest absolute Gasteiger partial charge is 0.466 e. The Labute approximate surface area is 131 Å². The van der Waals surface area contributed by atoms with Crippen molar-refractivity contribution in [2.75, 3.05) is 6.61 Å². The predicted molar refractivity (Wildman–Crippen MR) is 82.0 cm³/mol. The Morgan fingerprint density at radius 3 is 2.50 bits per heavy atom. The highest BCUT2D eigenvalue weighted by atomic mass is 16.6. The topological polar surface area (TPSA) is 69.7 Å². The van der Waals surface area contributed by atoms with Gasteiger partial charge in [0.25, 0.3) is 0 Å². The molecule has 1 atom stereocenters. The number of carbonyl (C=O) groups excluding carboxylic acids is 3. The summed E-state index contributed by atoms with van der Waals surface area (Å²) in [5.74, 6) is -1.54. The van der Waals surface area contributed by atoms with Gasteiger partial charge >= 0.3 is 11.9 Å². The molecule has 0 aromatic rings. The minimum Gasteiger partial charge on any atom is -0.466 e. The fourth-order valence-corrected chi connectivity index (χ4v) is 2.36. The molecule has 0 aromatic carbocycles. The first-order chi connectivity index (χ1) is 10.1. The molecule has 0 spiro atoms. The molecule has 1 rings (SSSR count). The van der Waals surface area contributed by atoms with Crippen LogP contribution in [0.5, 0.6) is 0 Å². The summed E-state index contributed by atoms with van der Waals surface area (Å²) in [4.78, 5) is 36.7. The first-order valence-corrected chi connectivity index (χ1v) is 7.41. The summed E-state index contributed by atoms with van der Waals surface area (Å²) in [6.07, 6.45) is 3.71. The average molecular weight is 308 g/mol. The van der Waals surface area contributed by atoms with Crippen molar-refractivity contribution < 1.29 is 23.9 Å². The van der Waals surface area contributed by atoms with Crippen molar-refractivity contribution in [3.8, 4) is 0 Å². The molecule has 0 aliphatic heterocycles. The van der Waals surface area contributed by atoms with Crippen molar-refractivity contribution in [3.05, 3.63) is 24.3 Å². The van der Waals surface area contributed by atoms with Crippen LogP contribution in [0.1, 0.15) is 47.0 Å². The summed E-state index contributed by atoms with van der Waals surface area (Å²) in [5, 5.41) is 0. The van der Waals surface area contributed by atoms with Crippen LogP contribution in [0.3, 0.4) is 0 Å². The standard InChI is InChI=1S/C17H24O5/c1-6-21-14(19)11-12(2)17(10-8-7-9-13(17)18)15(20)22-16(3,4)5/h7,9H,2,6,8,10-11H2,1,3-5H3/t17-/m0/s1. The Bertz CT molecular complexity index is 510. The lowest BCUT2D eigenvalue weighted by Gasteiger charge is -2.35. The van der Waals surface area contributed by atoms with Crippen molar-refractivity contribution in [2.45, 2.75) is 52.6 Å². The van der Waals surface area contributed by atoms with E-state index in [1.807, 2.05) is 0 Å².